The van der Waals surface area contributed by atoms with Crippen molar-refractivity contribution >= 4 is 16.7 Å². The van der Waals surface area contributed by atoms with Crippen LogP contribution in [0.2, 0.25) is 0 Å². The fraction of sp³-hybridized carbons (Fsp3) is 0.238. The van der Waals surface area contributed by atoms with Gasteiger partial charge >= 0.3 is 0 Å². The minimum atomic E-state index is 0.740. The van der Waals surface area contributed by atoms with Gasteiger partial charge in [0.2, 0.25) is 0 Å². The Balaban J connectivity index is 1.61. The third-order valence-electron chi connectivity index (χ3n) is 4.43. The van der Waals surface area contributed by atoms with E-state index in [0.29, 0.717) is 0 Å². The molecule has 0 amide bonds. The Morgan fingerprint density at radius 2 is 1.80 bits per heavy atom. The molecule has 3 aromatic rings. The zero-order valence-corrected chi connectivity index (χ0v) is 14.1. The number of rotatable bonds is 5. The first-order valence-electron chi connectivity index (χ1n) is 8.72. The molecular formula is C21H21N3O. The van der Waals surface area contributed by atoms with Gasteiger partial charge in [0.25, 0.3) is 0 Å². The number of fused-ring (bicyclic) bond motifs is 1. The second kappa shape index (κ2) is 7.45. The van der Waals surface area contributed by atoms with Crippen LogP contribution in [0.5, 0.6) is 0 Å². The van der Waals surface area contributed by atoms with Crippen molar-refractivity contribution in [2.45, 2.75) is 12.8 Å². The van der Waals surface area contributed by atoms with Gasteiger partial charge in [-0.1, -0.05) is 54.1 Å². The molecular weight excluding hydrogens is 310 g/mol. The first-order chi connectivity index (χ1) is 12.4. The van der Waals surface area contributed by atoms with E-state index in [2.05, 4.69) is 17.5 Å². The van der Waals surface area contributed by atoms with E-state index < -0.39 is 0 Å². The SMILES string of the molecule is C1=C(CCNc2nc(-c3ccccc3)nc3ccccc23)CCOC1. The van der Waals surface area contributed by atoms with Crippen LogP contribution >= 0.6 is 0 Å². The lowest BCUT2D eigenvalue weighted by Gasteiger charge is -2.15. The Kier molecular flexibility index (Phi) is 4.70. The van der Waals surface area contributed by atoms with Gasteiger partial charge in [0.1, 0.15) is 5.82 Å². The monoisotopic (exact) mass is 331 g/mol. The number of para-hydroxylation sites is 1. The Morgan fingerprint density at radius 3 is 2.64 bits per heavy atom. The van der Waals surface area contributed by atoms with E-state index >= 15 is 0 Å². The molecule has 2 heterocycles. The largest absolute Gasteiger partial charge is 0.377 e. The van der Waals surface area contributed by atoms with Gasteiger partial charge in [-0.3, -0.25) is 0 Å². The summed E-state index contributed by atoms with van der Waals surface area (Å²) >= 11 is 0. The van der Waals surface area contributed by atoms with Crippen molar-refractivity contribution in [1.82, 2.24) is 9.97 Å². The minimum Gasteiger partial charge on any atom is -0.377 e. The van der Waals surface area contributed by atoms with Crippen molar-refractivity contribution in [3.8, 4) is 11.4 Å². The third kappa shape index (κ3) is 3.69. The van der Waals surface area contributed by atoms with Crippen LogP contribution in [-0.2, 0) is 4.74 Å². The number of anilines is 1. The molecule has 4 nitrogen and oxygen atoms in total. The van der Waals surface area contributed by atoms with Gasteiger partial charge < -0.3 is 10.1 Å². The fourth-order valence-corrected chi connectivity index (χ4v) is 3.06. The van der Waals surface area contributed by atoms with Gasteiger partial charge in [0.05, 0.1) is 18.7 Å². The molecule has 25 heavy (non-hydrogen) atoms. The zero-order chi connectivity index (χ0) is 16.9. The summed E-state index contributed by atoms with van der Waals surface area (Å²) in [6.07, 6.45) is 4.24. The molecule has 0 saturated heterocycles. The number of nitrogens with one attached hydrogen (secondary N) is 1. The normalized spacial score (nSPS) is 14.3. The number of hydrogen-bond donors (Lipinski definition) is 1. The van der Waals surface area contributed by atoms with Crippen LogP contribution in [0.4, 0.5) is 5.82 Å². The maximum absolute atomic E-state index is 5.37. The molecule has 0 fully saturated rings. The first-order valence-corrected chi connectivity index (χ1v) is 8.72. The summed E-state index contributed by atoms with van der Waals surface area (Å²) in [6.45, 7) is 2.44. The van der Waals surface area contributed by atoms with Crippen molar-refractivity contribution < 1.29 is 4.74 Å². The maximum atomic E-state index is 5.37. The Hall–Kier alpha value is -2.72. The van der Waals surface area contributed by atoms with Gasteiger partial charge in [-0.25, -0.2) is 9.97 Å². The standard InChI is InChI=1S/C21H21N3O/c1-2-6-17(7-3-1)20-23-19-9-5-4-8-18(19)21(24-20)22-13-10-16-11-14-25-15-12-16/h1-9,11H,10,12-15H2,(H,22,23,24). The second-order valence-corrected chi connectivity index (χ2v) is 6.14. The molecule has 0 saturated carbocycles. The molecule has 0 spiro atoms. The summed E-state index contributed by atoms with van der Waals surface area (Å²) in [7, 11) is 0. The molecule has 0 unspecified atom stereocenters. The van der Waals surface area contributed by atoms with Crippen LogP contribution in [0.1, 0.15) is 12.8 Å². The third-order valence-corrected chi connectivity index (χ3v) is 4.43. The van der Waals surface area contributed by atoms with Crippen LogP contribution in [0.25, 0.3) is 22.3 Å². The van der Waals surface area contributed by atoms with Crippen molar-refractivity contribution in [3.63, 3.8) is 0 Å². The molecule has 0 radical (unpaired) electrons. The smallest absolute Gasteiger partial charge is 0.162 e. The van der Waals surface area contributed by atoms with Crippen molar-refractivity contribution in [2.24, 2.45) is 0 Å². The summed E-state index contributed by atoms with van der Waals surface area (Å²) in [6, 6.07) is 18.3. The molecule has 1 aliphatic rings. The average molecular weight is 331 g/mol. The van der Waals surface area contributed by atoms with E-state index in [0.717, 1.165) is 60.7 Å². The summed E-state index contributed by atoms with van der Waals surface area (Å²) in [5.41, 5.74) is 3.45. The molecule has 2 aromatic carbocycles. The van der Waals surface area contributed by atoms with Crippen molar-refractivity contribution in [3.05, 3.63) is 66.2 Å². The summed E-state index contributed by atoms with van der Waals surface area (Å²) in [5, 5.41) is 4.57. The van der Waals surface area contributed by atoms with Gasteiger partial charge in [-0.2, -0.15) is 0 Å². The highest BCUT2D eigenvalue weighted by molar-refractivity contribution is 5.90. The summed E-state index contributed by atoms with van der Waals surface area (Å²) in [4.78, 5) is 9.51. The molecule has 0 bridgehead atoms. The summed E-state index contributed by atoms with van der Waals surface area (Å²) in [5.74, 6) is 1.66. The molecule has 1 N–H and O–H groups in total. The second-order valence-electron chi connectivity index (χ2n) is 6.14. The van der Waals surface area contributed by atoms with Gasteiger partial charge in [0.15, 0.2) is 5.82 Å². The molecule has 126 valence electrons. The fourth-order valence-electron chi connectivity index (χ4n) is 3.06. The van der Waals surface area contributed by atoms with Crippen molar-refractivity contribution in [1.29, 1.82) is 0 Å². The zero-order valence-electron chi connectivity index (χ0n) is 14.1. The number of nitrogens with zero attached hydrogens (tertiary/aromatic N) is 2. The average Bonchev–Trinajstić information content (AvgIpc) is 2.69. The van der Waals surface area contributed by atoms with E-state index in [4.69, 9.17) is 14.7 Å². The predicted octanol–water partition coefficient (Wildman–Crippen LogP) is 4.45. The quantitative estimate of drug-likeness (QED) is 0.702. The van der Waals surface area contributed by atoms with E-state index in [1.165, 1.54) is 5.57 Å². The van der Waals surface area contributed by atoms with Crippen molar-refractivity contribution in [2.75, 3.05) is 25.1 Å². The Morgan fingerprint density at radius 1 is 0.960 bits per heavy atom. The number of ether oxygens (including phenoxy) is 1. The number of benzene rings is 2. The predicted molar refractivity (Wildman–Crippen MR) is 102 cm³/mol. The molecule has 1 aliphatic heterocycles. The lowest BCUT2D eigenvalue weighted by molar-refractivity contribution is 0.153. The van der Waals surface area contributed by atoms with E-state index in [-0.39, 0.29) is 0 Å². The van der Waals surface area contributed by atoms with Crippen LogP contribution in [0.15, 0.2) is 66.2 Å². The lowest BCUT2D eigenvalue weighted by atomic mass is 10.1. The molecule has 4 rings (SSSR count). The first kappa shape index (κ1) is 15.8. The highest BCUT2D eigenvalue weighted by Crippen LogP contribution is 2.25. The van der Waals surface area contributed by atoms with Gasteiger partial charge in [-0.15, -0.1) is 0 Å². The van der Waals surface area contributed by atoms with E-state index in [9.17, 15) is 0 Å². The lowest BCUT2D eigenvalue weighted by Crippen LogP contribution is -2.10. The molecule has 0 atom stereocenters. The molecule has 1 aromatic heterocycles. The van der Waals surface area contributed by atoms with E-state index in [1.54, 1.807) is 0 Å². The molecule has 4 heteroatoms. The maximum Gasteiger partial charge on any atom is 0.162 e. The number of aromatic nitrogens is 2. The Labute approximate surface area is 147 Å². The van der Waals surface area contributed by atoms with E-state index in [1.807, 2.05) is 48.5 Å². The summed E-state index contributed by atoms with van der Waals surface area (Å²) < 4.78 is 5.37. The topological polar surface area (TPSA) is 47.0 Å². The van der Waals surface area contributed by atoms with Gasteiger partial charge in [-0.05, 0) is 25.0 Å². The van der Waals surface area contributed by atoms with Crippen LogP contribution in [0, 0.1) is 0 Å². The molecule has 0 aliphatic carbocycles. The van der Waals surface area contributed by atoms with Gasteiger partial charge in [0, 0.05) is 17.5 Å². The highest BCUT2D eigenvalue weighted by atomic mass is 16.5. The van der Waals surface area contributed by atoms with Crippen LogP contribution in [0.3, 0.4) is 0 Å². The van der Waals surface area contributed by atoms with Crippen LogP contribution in [-0.4, -0.2) is 29.7 Å². The minimum absolute atomic E-state index is 0.740. The van der Waals surface area contributed by atoms with Crippen LogP contribution < -0.4 is 5.32 Å². The highest BCUT2D eigenvalue weighted by Gasteiger charge is 2.09. The number of hydrogen-bond acceptors (Lipinski definition) is 4. The Bertz CT molecular complexity index is 890.